The lowest BCUT2D eigenvalue weighted by Crippen LogP contribution is -2.51. The Hall–Kier alpha value is -2.33. The summed E-state index contributed by atoms with van der Waals surface area (Å²) < 4.78 is 47.5. The van der Waals surface area contributed by atoms with E-state index in [1.807, 2.05) is 12.1 Å². The van der Waals surface area contributed by atoms with Crippen LogP contribution in [0.1, 0.15) is 66.9 Å². The fraction of sp³-hybridized carbons (Fsp3) is 0.594. The van der Waals surface area contributed by atoms with E-state index in [1.165, 1.54) is 11.1 Å². The van der Waals surface area contributed by atoms with Gasteiger partial charge >= 0.3 is 0 Å². The van der Waals surface area contributed by atoms with Gasteiger partial charge in [0.1, 0.15) is 11.0 Å². The molecule has 42 heavy (non-hydrogen) atoms. The van der Waals surface area contributed by atoms with E-state index in [9.17, 15) is 13.2 Å². The minimum absolute atomic E-state index is 0.0364. The Bertz CT molecular complexity index is 1480. The maximum absolute atomic E-state index is 13.3. The highest BCUT2D eigenvalue weighted by Gasteiger charge is 2.45. The van der Waals surface area contributed by atoms with E-state index in [0.717, 1.165) is 74.5 Å². The van der Waals surface area contributed by atoms with Gasteiger partial charge in [0.15, 0.2) is 0 Å². The molecule has 0 unspecified atom stereocenters. The van der Waals surface area contributed by atoms with E-state index in [-0.39, 0.29) is 24.2 Å². The Kier molecular flexibility index (Phi) is 7.44. The number of ether oxygens (including phenoxy) is 3. The Balaban J connectivity index is 1.29. The molecule has 8 nitrogen and oxygen atoms in total. The molecule has 1 amide bonds. The van der Waals surface area contributed by atoms with Gasteiger partial charge in [-0.1, -0.05) is 17.7 Å². The Morgan fingerprint density at radius 2 is 1.98 bits per heavy atom. The number of aryl methyl sites for hydroxylation is 1. The van der Waals surface area contributed by atoms with E-state index >= 15 is 0 Å². The smallest absolute Gasteiger partial charge is 0.264 e. The van der Waals surface area contributed by atoms with Crippen LogP contribution < -0.4 is 14.4 Å². The highest BCUT2D eigenvalue weighted by atomic mass is 35.5. The second-order valence-electron chi connectivity index (χ2n) is 13.0. The standard InChI is InChI=1S/C32H39ClN2O6S/c1-20-17-40-25-10-12-39-30(15-25)26-7-4-23(26)16-35-18-32(11-2-3-21-13-24(33)6-8-27(21)32)19-41-29-9-5-22(14-28(29)35)31(36)34-42(20,37)38/h5-6,8-9,13-14,20,23,25-26,30H,2-4,7,10-12,15-19H2,1H3,(H,34,36)/t20-,23-,25-,26+,30+,32-/m0/s1. The van der Waals surface area contributed by atoms with Gasteiger partial charge in [0, 0.05) is 42.1 Å². The van der Waals surface area contributed by atoms with Gasteiger partial charge in [-0.15, -0.1) is 0 Å². The van der Waals surface area contributed by atoms with Crippen LogP contribution >= 0.6 is 11.6 Å². The van der Waals surface area contributed by atoms with Crippen LogP contribution in [0.4, 0.5) is 5.69 Å². The predicted molar refractivity (Wildman–Crippen MR) is 161 cm³/mol. The fourth-order valence-corrected chi connectivity index (χ4v) is 8.77. The van der Waals surface area contributed by atoms with Gasteiger partial charge < -0.3 is 19.1 Å². The molecule has 2 aliphatic carbocycles. The van der Waals surface area contributed by atoms with Crippen LogP contribution in [0.2, 0.25) is 5.02 Å². The highest BCUT2D eigenvalue weighted by Crippen LogP contribution is 2.47. The summed E-state index contributed by atoms with van der Waals surface area (Å²) in [6.07, 6.45) is 6.83. The molecule has 6 atom stereocenters. The third-order valence-electron chi connectivity index (χ3n) is 10.3. The van der Waals surface area contributed by atoms with Crippen molar-refractivity contribution in [3.63, 3.8) is 0 Å². The molecule has 1 N–H and O–H groups in total. The van der Waals surface area contributed by atoms with Gasteiger partial charge in [-0.05, 0) is 98.7 Å². The Morgan fingerprint density at radius 3 is 2.81 bits per heavy atom. The first-order valence-corrected chi connectivity index (χ1v) is 17.2. The van der Waals surface area contributed by atoms with E-state index in [0.29, 0.717) is 30.6 Å². The van der Waals surface area contributed by atoms with Crippen LogP contribution in [-0.2, 0) is 31.3 Å². The molecule has 7 rings (SSSR count). The summed E-state index contributed by atoms with van der Waals surface area (Å²) >= 11 is 6.41. The van der Waals surface area contributed by atoms with Crippen molar-refractivity contribution in [1.29, 1.82) is 0 Å². The molecule has 2 fully saturated rings. The summed E-state index contributed by atoms with van der Waals surface area (Å²) in [6.45, 7) is 4.32. The van der Waals surface area contributed by atoms with E-state index in [4.69, 9.17) is 25.8 Å². The van der Waals surface area contributed by atoms with Crippen molar-refractivity contribution in [2.24, 2.45) is 11.8 Å². The second-order valence-corrected chi connectivity index (χ2v) is 15.5. The number of nitrogens with zero attached hydrogens (tertiary/aromatic N) is 1. The molecule has 5 aliphatic rings. The average Bonchev–Trinajstić information content (AvgIpc) is 3.10. The number of hydrogen-bond donors (Lipinski definition) is 1. The third kappa shape index (κ3) is 5.20. The zero-order valence-electron chi connectivity index (χ0n) is 24.0. The first kappa shape index (κ1) is 28.4. The minimum atomic E-state index is -3.93. The third-order valence-corrected chi connectivity index (χ3v) is 12.2. The quantitative estimate of drug-likeness (QED) is 0.453. The molecule has 226 valence electrons. The Labute approximate surface area is 253 Å². The number of fused-ring (bicyclic) bond motifs is 7. The van der Waals surface area contributed by atoms with Crippen LogP contribution in [0.5, 0.6) is 5.75 Å². The van der Waals surface area contributed by atoms with E-state index in [2.05, 4.69) is 21.8 Å². The van der Waals surface area contributed by atoms with Gasteiger partial charge in [-0.3, -0.25) is 4.79 Å². The number of anilines is 1. The number of carbonyl (C=O) groups excluding carboxylic acids is 1. The topological polar surface area (TPSA) is 94.2 Å². The molecule has 3 heterocycles. The number of benzene rings is 2. The molecule has 2 aromatic rings. The first-order valence-electron chi connectivity index (χ1n) is 15.3. The van der Waals surface area contributed by atoms with Gasteiger partial charge in [0.2, 0.25) is 10.0 Å². The minimum Gasteiger partial charge on any atom is -0.490 e. The van der Waals surface area contributed by atoms with Crippen LogP contribution in [0.25, 0.3) is 0 Å². The van der Waals surface area contributed by atoms with Gasteiger partial charge in [-0.2, -0.15) is 0 Å². The number of sulfonamides is 1. The molecule has 4 bridgehead atoms. The van der Waals surface area contributed by atoms with Crippen LogP contribution in [-0.4, -0.2) is 64.7 Å². The molecular weight excluding hydrogens is 576 g/mol. The maximum atomic E-state index is 13.3. The summed E-state index contributed by atoms with van der Waals surface area (Å²) in [5.74, 6) is 0.939. The highest BCUT2D eigenvalue weighted by molar-refractivity contribution is 7.90. The molecule has 0 aromatic heterocycles. The summed E-state index contributed by atoms with van der Waals surface area (Å²) in [5, 5.41) is -0.117. The summed E-state index contributed by atoms with van der Waals surface area (Å²) in [6, 6.07) is 11.5. The number of carbonyl (C=O) groups is 1. The molecule has 1 saturated heterocycles. The summed E-state index contributed by atoms with van der Waals surface area (Å²) in [7, 11) is -3.93. The van der Waals surface area contributed by atoms with Crippen molar-refractivity contribution in [2.75, 3.05) is 37.8 Å². The SMILES string of the molecule is C[C@H]1CO[C@H]2CCO[C@H](C2)[C@@H]2CC[C@H]2CN2C[C@@]3(CCCc4cc(Cl)ccc43)COc3ccc(cc32)C(=O)NS1(=O)=O. The lowest BCUT2D eigenvalue weighted by Gasteiger charge is -2.48. The van der Waals surface area contributed by atoms with E-state index in [1.54, 1.807) is 19.1 Å². The van der Waals surface area contributed by atoms with Crippen molar-refractivity contribution in [1.82, 2.24) is 4.72 Å². The number of amides is 1. The lowest BCUT2D eigenvalue weighted by atomic mass is 9.67. The van der Waals surface area contributed by atoms with Gasteiger partial charge in [-0.25, -0.2) is 13.1 Å². The fourth-order valence-electron chi connectivity index (χ4n) is 7.74. The molecule has 0 radical (unpaired) electrons. The Morgan fingerprint density at radius 1 is 1.10 bits per heavy atom. The lowest BCUT2D eigenvalue weighted by molar-refractivity contribution is -0.116. The summed E-state index contributed by atoms with van der Waals surface area (Å²) in [5.41, 5.74) is 3.48. The van der Waals surface area contributed by atoms with Crippen molar-refractivity contribution < 1.29 is 27.4 Å². The van der Waals surface area contributed by atoms with Gasteiger partial charge in [0.05, 0.1) is 31.1 Å². The van der Waals surface area contributed by atoms with Crippen LogP contribution in [0, 0.1) is 11.8 Å². The van der Waals surface area contributed by atoms with E-state index < -0.39 is 21.2 Å². The molecule has 3 aliphatic heterocycles. The molecule has 2 aromatic carbocycles. The van der Waals surface area contributed by atoms with Crippen LogP contribution in [0.3, 0.4) is 0 Å². The average molecular weight is 615 g/mol. The zero-order chi connectivity index (χ0) is 29.1. The van der Waals surface area contributed by atoms with Crippen LogP contribution in [0.15, 0.2) is 36.4 Å². The normalized spacial score (nSPS) is 34.2. The number of halogens is 1. The number of nitrogens with one attached hydrogen (secondary N) is 1. The van der Waals surface area contributed by atoms with Gasteiger partial charge in [0.25, 0.3) is 5.91 Å². The largest absolute Gasteiger partial charge is 0.490 e. The maximum Gasteiger partial charge on any atom is 0.264 e. The number of rotatable bonds is 0. The van der Waals surface area contributed by atoms with Crippen molar-refractivity contribution >= 4 is 33.2 Å². The predicted octanol–water partition coefficient (Wildman–Crippen LogP) is 4.87. The second kappa shape index (κ2) is 11.0. The van der Waals surface area contributed by atoms with Crippen molar-refractivity contribution in [3.05, 3.63) is 58.1 Å². The first-order chi connectivity index (χ1) is 20.2. The monoisotopic (exact) mass is 614 g/mol. The van der Waals surface area contributed by atoms with Crippen molar-refractivity contribution in [3.8, 4) is 5.75 Å². The molecule has 10 heteroatoms. The number of hydrogen-bond acceptors (Lipinski definition) is 7. The zero-order valence-corrected chi connectivity index (χ0v) is 25.6. The molecule has 1 saturated carbocycles. The molecular formula is C32H39ClN2O6S. The van der Waals surface area contributed by atoms with Crippen molar-refractivity contribution in [2.45, 2.75) is 74.7 Å². The summed E-state index contributed by atoms with van der Waals surface area (Å²) in [4.78, 5) is 15.7. The molecule has 1 spiro atoms.